The van der Waals surface area contributed by atoms with E-state index in [0.29, 0.717) is 13.0 Å². The zero-order valence-electron chi connectivity index (χ0n) is 19.5. The summed E-state index contributed by atoms with van der Waals surface area (Å²) in [5.41, 5.74) is 1.28. The number of nitrogens with zero attached hydrogens (tertiary/aromatic N) is 1. The number of methoxy groups -OCH3 is 2. The van der Waals surface area contributed by atoms with Crippen LogP contribution < -0.4 is 25.4 Å². The van der Waals surface area contributed by atoms with Crippen LogP contribution >= 0.6 is 24.0 Å². The lowest BCUT2D eigenvalue weighted by molar-refractivity contribution is -0.121. The normalized spacial score (nSPS) is 15.6. The Labute approximate surface area is 204 Å². The molecule has 31 heavy (non-hydrogen) atoms. The smallest absolute Gasteiger partial charge is 0.221 e. The fourth-order valence-corrected chi connectivity index (χ4v) is 4.12. The summed E-state index contributed by atoms with van der Waals surface area (Å²) in [4.78, 5) is 16.2. The van der Waals surface area contributed by atoms with Gasteiger partial charge in [0, 0.05) is 38.0 Å². The SMILES string of the molecule is CN=C(NCCC(=O)NC(C)C)NCC1(c2ccc(OC)c(OC)c2)CCCCC1.I. The highest BCUT2D eigenvalue weighted by Crippen LogP contribution is 2.42. The molecule has 0 bridgehead atoms. The molecule has 0 aliphatic heterocycles. The highest BCUT2D eigenvalue weighted by Gasteiger charge is 2.34. The summed E-state index contributed by atoms with van der Waals surface area (Å²) < 4.78 is 11.0. The Balaban J connectivity index is 0.00000480. The van der Waals surface area contributed by atoms with Crippen LogP contribution in [0.4, 0.5) is 0 Å². The summed E-state index contributed by atoms with van der Waals surface area (Å²) >= 11 is 0. The summed E-state index contributed by atoms with van der Waals surface area (Å²) in [5.74, 6) is 2.27. The minimum atomic E-state index is 0. The van der Waals surface area contributed by atoms with Gasteiger partial charge < -0.3 is 25.4 Å². The first-order valence-corrected chi connectivity index (χ1v) is 10.9. The van der Waals surface area contributed by atoms with Gasteiger partial charge in [-0.25, -0.2) is 0 Å². The fourth-order valence-electron chi connectivity index (χ4n) is 4.12. The molecule has 7 nitrogen and oxygen atoms in total. The average Bonchev–Trinajstić information content (AvgIpc) is 2.75. The van der Waals surface area contributed by atoms with Gasteiger partial charge in [0.1, 0.15) is 0 Å². The summed E-state index contributed by atoms with van der Waals surface area (Å²) in [5, 5.41) is 9.65. The molecule has 0 unspecified atom stereocenters. The van der Waals surface area contributed by atoms with Crippen LogP contribution in [0.1, 0.15) is 57.9 Å². The van der Waals surface area contributed by atoms with Crippen molar-refractivity contribution < 1.29 is 14.3 Å². The Kier molecular flexibility index (Phi) is 12.0. The van der Waals surface area contributed by atoms with Crippen LogP contribution in [0, 0.1) is 0 Å². The molecule has 2 rings (SSSR count). The number of hydrogen-bond donors (Lipinski definition) is 3. The number of amides is 1. The van der Waals surface area contributed by atoms with Gasteiger partial charge in [-0.1, -0.05) is 25.3 Å². The van der Waals surface area contributed by atoms with Gasteiger partial charge in [0.15, 0.2) is 17.5 Å². The molecule has 0 spiro atoms. The lowest BCUT2D eigenvalue weighted by Crippen LogP contribution is -2.47. The third kappa shape index (κ3) is 8.05. The molecule has 3 N–H and O–H groups in total. The lowest BCUT2D eigenvalue weighted by atomic mass is 9.69. The standard InChI is InChI=1S/C23H38N4O3.HI/c1-17(2)27-21(28)11-14-25-22(24-3)26-16-23(12-7-6-8-13-23)18-9-10-19(29-4)20(15-18)30-5;/h9-10,15,17H,6-8,11-14,16H2,1-5H3,(H,27,28)(H2,24,25,26);1H. The van der Waals surface area contributed by atoms with Crippen molar-refractivity contribution in [3.63, 3.8) is 0 Å². The Bertz CT molecular complexity index is 719. The Morgan fingerprint density at radius 3 is 2.35 bits per heavy atom. The first-order chi connectivity index (χ1) is 14.4. The lowest BCUT2D eigenvalue weighted by Gasteiger charge is -2.38. The maximum atomic E-state index is 11.8. The topological polar surface area (TPSA) is 84.0 Å². The summed E-state index contributed by atoms with van der Waals surface area (Å²) in [7, 11) is 5.09. The molecule has 1 amide bonds. The van der Waals surface area contributed by atoms with Crippen LogP contribution in [0.25, 0.3) is 0 Å². The summed E-state index contributed by atoms with van der Waals surface area (Å²) in [6.45, 7) is 5.25. The number of aliphatic imine (C=N–C) groups is 1. The van der Waals surface area contributed by atoms with E-state index in [1.807, 2.05) is 19.9 Å². The number of ether oxygens (including phenoxy) is 2. The highest BCUT2D eigenvalue weighted by atomic mass is 127. The third-order valence-electron chi connectivity index (χ3n) is 5.72. The average molecular weight is 546 g/mol. The summed E-state index contributed by atoms with van der Waals surface area (Å²) in [6.07, 6.45) is 6.33. The van der Waals surface area contributed by atoms with E-state index in [-0.39, 0.29) is 41.3 Å². The van der Waals surface area contributed by atoms with Crippen LogP contribution in [0.2, 0.25) is 0 Å². The molecule has 0 saturated heterocycles. The zero-order chi connectivity index (χ0) is 22.0. The number of halogens is 1. The molecule has 1 aromatic rings. The molecular weight excluding hydrogens is 507 g/mol. The van der Waals surface area contributed by atoms with Crippen molar-refractivity contribution in [1.29, 1.82) is 0 Å². The van der Waals surface area contributed by atoms with Gasteiger partial charge in [-0.2, -0.15) is 0 Å². The van der Waals surface area contributed by atoms with E-state index in [4.69, 9.17) is 9.47 Å². The number of guanidine groups is 1. The maximum absolute atomic E-state index is 11.8. The molecule has 8 heteroatoms. The van der Waals surface area contributed by atoms with Gasteiger partial charge in [0.2, 0.25) is 5.91 Å². The second-order valence-corrected chi connectivity index (χ2v) is 8.24. The van der Waals surface area contributed by atoms with Gasteiger partial charge in [-0.05, 0) is 44.4 Å². The van der Waals surface area contributed by atoms with Crippen molar-refractivity contribution in [2.45, 2.75) is 63.8 Å². The van der Waals surface area contributed by atoms with Crippen molar-refractivity contribution in [3.05, 3.63) is 23.8 Å². The Morgan fingerprint density at radius 1 is 1.10 bits per heavy atom. The van der Waals surface area contributed by atoms with Gasteiger partial charge in [-0.15, -0.1) is 24.0 Å². The fraction of sp³-hybridized carbons (Fsp3) is 0.652. The van der Waals surface area contributed by atoms with Crippen molar-refractivity contribution in [3.8, 4) is 11.5 Å². The molecule has 1 saturated carbocycles. The molecule has 1 aliphatic carbocycles. The molecule has 1 aliphatic rings. The van der Waals surface area contributed by atoms with Gasteiger partial charge >= 0.3 is 0 Å². The molecule has 176 valence electrons. The van der Waals surface area contributed by atoms with Crippen molar-refractivity contribution >= 4 is 35.8 Å². The van der Waals surface area contributed by atoms with Crippen LogP contribution in [-0.4, -0.2) is 52.3 Å². The van der Waals surface area contributed by atoms with E-state index in [9.17, 15) is 4.79 Å². The molecule has 0 aromatic heterocycles. The first kappa shape index (κ1) is 27.3. The second-order valence-electron chi connectivity index (χ2n) is 8.24. The Hall–Kier alpha value is -1.71. The zero-order valence-corrected chi connectivity index (χ0v) is 21.9. The van der Waals surface area contributed by atoms with Crippen molar-refractivity contribution in [2.24, 2.45) is 4.99 Å². The van der Waals surface area contributed by atoms with Crippen LogP contribution in [-0.2, 0) is 10.2 Å². The van der Waals surface area contributed by atoms with E-state index >= 15 is 0 Å². The number of benzene rings is 1. The van der Waals surface area contributed by atoms with Gasteiger partial charge in [-0.3, -0.25) is 9.79 Å². The number of rotatable bonds is 9. The molecule has 1 aromatic carbocycles. The van der Waals surface area contributed by atoms with E-state index in [1.54, 1.807) is 21.3 Å². The van der Waals surface area contributed by atoms with Crippen molar-refractivity contribution in [1.82, 2.24) is 16.0 Å². The largest absolute Gasteiger partial charge is 0.493 e. The van der Waals surface area contributed by atoms with E-state index in [1.165, 1.54) is 24.8 Å². The first-order valence-electron chi connectivity index (χ1n) is 10.9. The minimum absolute atomic E-state index is 0. The van der Waals surface area contributed by atoms with Crippen LogP contribution in [0.3, 0.4) is 0 Å². The molecule has 0 heterocycles. The van der Waals surface area contributed by atoms with Gasteiger partial charge in [0.05, 0.1) is 14.2 Å². The second kappa shape index (κ2) is 13.6. The predicted octanol–water partition coefficient (Wildman–Crippen LogP) is 3.60. The monoisotopic (exact) mass is 546 g/mol. The number of nitrogens with one attached hydrogen (secondary N) is 3. The number of carbonyl (C=O) groups is 1. The summed E-state index contributed by atoms with van der Waals surface area (Å²) in [6, 6.07) is 6.41. The van der Waals surface area contributed by atoms with Gasteiger partial charge in [0.25, 0.3) is 0 Å². The number of carbonyl (C=O) groups excluding carboxylic acids is 1. The van der Waals surface area contributed by atoms with Crippen LogP contribution in [0.5, 0.6) is 11.5 Å². The van der Waals surface area contributed by atoms with E-state index in [0.717, 1.165) is 36.8 Å². The van der Waals surface area contributed by atoms with Crippen molar-refractivity contribution in [2.75, 3.05) is 34.4 Å². The van der Waals surface area contributed by atoms with Crippen LogP contribution in [0.15, 0.2) is 23.2 Å². The highest BCUT2D eigenvalue weighted by molar-refractivity contribution is 14.0. The molecule has 0 radical (unpaired) electrons. The minimum Gasteiger partial charge on any atom is -0.493 e. The molecule has 1 fully saturated rings. The maximum Gasteiger partial charge on any atom is 0.221 e. The van der Waals surface area contributed by atoms with E-state index in [2.05, 4.69) is 33.1 Å². The molecular formula is C23H39IN4O3. The van der Waals surface area contributed by atoms with E-state index < -0.39 is 0 Å². The molecule has 0 atom stereocenters. The third-order valence-corrected chi connectivity index (χ3v) is 5.72. The predicted molar refractivity (Wildman–Crippen MR) is 137 cm³/mol. The number of hydrogen-bond acceptors (Lipinski definition) is 4. The quantitative estimate of drug-likeness (QED) is 0.251. The Morgan fingerprint density at radius 2 is 1.77 bits per heavy atom.